The summed E-state index contributed by atoms with van der Waals surface area (Å²) in [7, 11) is 0. The molecule has 4 nitrogen and oxygen atoms in total. The number of fused-ring (bicyclic) bond motifs is 1. The Morgan fingerprint density at radius 2 is 2.35 bits per heavy atom. The van der Waals surface area contributed by atoms with E-state index in [1.54, 1.807) is 0 Å². The van der Waals surface area contributed by atoms with Gasteiger partial charge in [0.25, 0.3) is 0 Å². The van der Waals surface area contributed by atoms with Gasteiger partial charge in [0.15, 0.2) is 0 Å². The van der Waals surface area contributed by atoms with Crippen LogP contribution in [-0.2, 0) is 11.2 Å². The second kappa shape index (κ2) is 6.12. The summed E-state index contributed by atoms with van der Waals surface area (Å²) in [6.45, 7) is 7.24. The standard InChI is InChI=1S/C16H25N3O/c1-2-19-7-8-20-14(11-19)10-18-16-6-3-12-9-13(17)4-5-15(12)16/h4-5,9,14,16,18H,2-3,6-8,10-11,17H2,1H3. The molecule has 1 aromatic carbocycles. The number of anilines is 1. The summed E-state index contributed by atoms with van der Waals surface area (Å²) in [6, 6.07) is 6.77. The maximum absolute atomic E-state index is 5.85. The van der Waals surface area contributed by atoms with E-state index in [9.17, 15) is 0 Å². The summed E-state index contributed by atoms with van der Waals surface area (Å²) in [5.74, 6) is 0. The zero-order valence-corrected chi connectivity index (χ0v) is 12.3. The van der Waals surface area contributed by atoms with Gasteiger partial charge in [-0.15, -0.1) is 0 Å². The molecule has 4 heteroatoms. The predicted molar refractivity (Wildman–Crippen MR) is 81.8 cm³/mol. The minimum absolute atomic E-state index is 0.321. The first-order chi connectivity index (χ1) is 9.76. The van der Waals surface area contributed by atoms with Gasteiger partial charge in [-0.05, 0) is 42.6 Å². The quantitative estimate of drug-likeness (QED) is 0.819. The first-order valence-corrected chi connectivity index (χ1v) is 7.72. The van der Waals surface area contributed by atoms with Gasteiger partial charge in [0.2, 0.25) is 0 Å². The molecule has 0 aromatic heterocycles. The Bertz CT molecular complexity index is 463. The third kappa shape index (κ3) is 2.97. The number of benzene rings is 1. The molecule has 3 N–H and O–H groups in total. The first-order valence-electron chi connectivity index (χ1n) is 7.72. The van der Waals surface area contributed by atoms with Crippen LogP contribution in [0.1, 0.15) is 30.5 Å². The second-order valence-electron chi connectivity index (χ2n) is 5.84. The fourth-order valence-corrected chi connectivity index (χ4v) is 3.31. The maximum Gasteiger partial charge on any atom is 0.0826 e. The van der Waals surface area contributed by atoms with E-state index in [1.807, 2.05) is 6.07 Å². The van der Waals surface area contributed by atoms with Gasteiger partial charge in [0, 0.05) is 31.4 Å². The molecule has 1 saturated heterocycles. The molecule has 2 aliphatic rings. The molecule has 0 bridgehead atoms. The highest BCUT2D eigenvalue weighted by atomic mass is 16.5. The molecule has 1 aliphatic heterocycles. The lowest BCUT2D eigenvalue weighted by Crippen LogP contribution is -2.46. The van der Waals surface area contributed by atoms with Crippen LogP contribution < -0.4 is 11.1 Å². The van der Waals surface area contributed by atoms with Crippen LogP contribution in [0.5, 0.6) is 0 Å². The SMILES string of the molecule is CCN1CCOC(CNC2CCc3cc(N)ccc32)C1. The summed E-state index contributed by atoms with van der Waals surface area (Å²) < 4.78 is 5.85. The van der Waals surface area contributed by atoms with E-state index in [0.717, 1.165) is 44.9 Å². The number of nitrogen functional groups attached to an aromatic ring is 1. The molecule has 1 fully saturated rings. The third-order valence-electron chi connectivity index (χ3n) is 4.51. The number of hydrogen-bond acceptors (Lipinski definition) is 4. The van der Waals surface area contributed by atoms with E-state index in [2.05, 4.69) is 29.3 Å². The predicted octanol–water partition coefficient (Wildman–Crippen LogP) is 1.57. The van der Waals surface area contributed by atoms with Crippen molar-refractivity contribution >= 4 is 5.69 Å². The van der Waals surface area contributed by atoms with E-state index in [4.69, 9.17) is 10.5 Å². The topological polar surface area (TPSA) is 50.5 Å². The van der Waals surface area contributed by atoms with Gasteiger partial charge in [-0.25, -0.2) is 0 Å². The average molecular weight is 275 g/mol. The molecule has 0 saturated carbocycles. The fraction of sp³-hybridized carbons (Fsp3) is 0.625. The Labute approximate surface area is 121 Å². The fourth-order valence-electron chi connectivity index (χ4n) is 3.31. The van der Waals surface area contributed by atoms with Gasteiger partial charge in [-0.2, -0.15) is 0 Å². The number of rotatable bonds is 4. The zero-order valence-electron chi connectivity index (χ0n) is 12.3. The molecule has 0 amide bonds. The van der Waals surface area contributed by atoms with Crippen LogP contribution in [0.4, 0.5) is 5.69 Å². The Morgan fingerprint density at radius 3 is 3.20 bits per heavy atom. The average Bonchev–Trinajstić information content (AvgIpc) is 2.87. The summed E-state index contributed by atoms with van der Waals surface area (Å²) in [5, 5.41) is 3.68. The smallest absolute Gasteiger partial charge is 0.0826 e. The number of nitrogens with two attached hydrogens (primary N) is 1. The molecule has 3 rings (SSSR count). The van der Waals surface area contributed by atoms with Crippen molar-refractivity contribution in [2.24, 2.45) is 0 Å². The molecule has 1 heterocycles. The highest BCUT2D eigenvalue weighted by Gasteiger charge is 2.25. The molecule has 110 valence electrons. The van der Waals surface area contributed by atoms with Gasteiger partial charge in [0.1, 0.15) is 0 Å². The van der Waals surface area contributed by atoms with E-state index in [-0.39, 0.29) is 0 Å². The van der Waals surface area contributed by atoms with Crippen molar-refractivity contribution in [2.45, 2.75) is 31.9 Å². The van der Waals surface area contributed by atoms with Gasteiger partial charge in [0.05, 0.1) is 12.7 Å². The van der Waals surface area contributed by atoms with Crippen LogP contribution in [0.15, 0.2) is 18.2 Å². The Kier molecular flexibility index (Phi) is 4.24. The number of morpholine rings is 1. The van der Waals surface area contributed by atoms with Crippen molar-refractivity contribution in [1.82, 2.24) is 10.2 Å². The maximum atomic E-state index is 5.85. The molecular formula is C16H25N3O. The van der Waals surface area contributed by atoms with Crippen LogP contribution in [0.3, 0.4) is 0 Å². The van der Waals surface area contributed by atoms with Crippen molar-refractivity contribution in [2.75, 3.05) is 38.5 Å². The van der Waals surface area contributed by atoms with Gasteiger partial charge >= 0.3 is 0 Å². The Morgan fingerprint density at radius 1 is 1.45 bits per heavy atom. The number of aryl methyl sites for hydroxylation is 1. The first kappa shape index (κ1) is 13.9. The molecule has 2 atom stereocenters. The normalized spacial score (nSPS) is 26.6. The molecule has 1 aliphatic carbocycles. The highest BCUT2D eigenvalue weighted by Crippen LogP contribution is 2.32. The number of nitrogens with zero attached hydrogens (tertiary/aromatic N) is 1. The minimum Gasteiger partial charge on any atom is -0.399 e. The van der Waals surface area contributed by atoms with E-state index in [1.165, 1.54) is 17.5 Å². The molecular weight excluding hydrogens is 250 g/mol. The molecule has 20 heavy (non-hydrogen) atoms. The third-order valence-corrected chi connectivity index (χ3v) is 4.51. The lowest BCUT2D eigenvalue weighted by molar-refractivity contribution is -0.0263. The minimum atomic E-state index is 0.321. The van der Waals surface area contributed by atoms with Crippen molar-refractivity contribution in [3.05, 3.63) is 29.3 Å². The van der Waals surface area contributed by atoms with Gasteiger partial charge < -0.3 is 15.8 Å². The van der Waals surface area contributed by atoms with Crippen LogP contribution in [0.25, 0.3) is 0 Å². The van der Waals surface area contributed by atoms with E-state index < -0.39 is 0 Å². The number of ether oxygens (including phenoxy) is 1. The summed E-state index contributed by atoms with van der Waals surface area (Å²) in [4.78, 5) is 2.46. The highest BCUT2D eigenvalue weighted by molar-refractivity contribution is 5.47. The lowest BCUT2D eigenvalue weighted by atomic mass is 10.1. The summed E-state index contributed by atoms with van der Waals surface area (Å²) in [5.41, 5.74) is 9.55. The second-order valence-corrected chi connectivity index (χ2v) is 5.84. The van der Waals surface area contributed by atoms with Crippen molar-refractivity contribution in [3.63, 3.8) is 0 Å². The van der Waals surface area contributed by atoms with E-state index >= 15 is 0 Å². The molecule has 2 unspecified atom stereocenters. The van der Waals surface area contributed by atoms with Crippen LogP contribution in [0.2, 0.25) is 0 Å². The summed E-state index contributed by atoms with van der Waals surface area (Å²) in [6.07, 6.45) is 2.62. The lowest BCUT2D eigenvalue weighted by Gasteiger charge is -2.32. The number of nitrogens with one attached hydrogen (secondary N) is 1. The molecule has 1 aromatic rings. The van der Waals surface area contributed by atoms with Gasteiger partial charge in [-0.3, -0.25) is 4.90 Å². The van der Waals surface area contributed by atoms with E-state index in [0.29, 0.717) is 12.1 Å². The van der Waals surface area contributed by atoms with Crippen LogP contribution >= 0.6 is 0 Å². The van der Waals surface area contributed by atoms with Crippen molar-refractivity contribution in [1.29, 1.82) is 0 Å². The summed E-state index contributed by atoms with van der Waals surface area (Å²) >= 11 is 0. The van der Waals surface area contributed by atoms with Crippen LogP contribution in [-0.4, -0.2) is 43.8 Å². The Hall–Kier alpha value is -1.10. The van der Waals surface area contributed by atoms with Crippen molar-refractivity contribution < 1.29 is 4.74 Å². The number of hydrogen-bond donors (Lipinski definition) is 2. The monoisotopic (exact) mass is 275 g/mol. The van der Waals surface area contributed by atoms with Crippen molar-refractivity contribution in [3.8, 4) is 0 Å². The van der Waals surface area contributed by atoms with Gasteiger partial charge in [-0.1, -0.05) is 13.0 Å². The Balaban J connectivity index is 1.55. The zero-order chi connectivity index (χ0) is 13.9. The largest absolute Gasteiger partial charge is 0.399 e. The number of likely N-dealkylation sites (N-methyl/N-ethyl adjacent to an activating group) is 1. The molecule has 0 spiro atoms. The van der Waals surface area contributed by atoms with Crippen LogP contribution in [0, 0.1) is 0 Å². The molecule has 0 radical (unpaired) electrons.